The van der Waals surface area contributed by atoms with Crippen LogP contribution in [0.4, 0.5) is 0 Å². The van der Waals surface area contributed by atoms with Crippen molar-refractivity contribution in [2.24, 2.45) is 0 Å². The van der Waals surface area contributed by atoms with Gasteiger partial charge in [0, 0.05) is 31.2 Å². The highest BCUT2D eigenvalue weighted by molar-refractivity contribution is 5.80. The minimum Gasteiger partial charge on any atom is -0.497 e. The lowest BCUT2D eigenvalue weighted by Crippen LogP contribution is -2.71. The second-order valence-electron chi connectivity index (χ2n) is 6.42. The molecule has 4 nitrogen and oxygen atoms in total. The molecule has 1 amide bonds. The summed E-state index contributed by atoms with van der Waals surface area (Å²) in [5.74, 6) is 1.10. The van der Waals surface area contributed by atoms with E-state index in [0.717, 1.165) is 24.4 Å². The number of fused-ring (bicyclic) bond motifs is 2. The highest BCUT2D eigenvalue weighted by Crippen LogP contribution is 2.33. The number of carbonyl (C=O) groups is 1. The third-order valence-electron chi connectivity index (χ3n) is 4.75. The molecule has 1 aromatic rings. The van der Waals surface area contributed by atoms with Crippen LogP contribution in [-0.4, -0.2) is 54.0 Å². The van der Waals surface area contributed by atoms with Crippen molar-refractivity contribution >= 4 is 5.91 Å². The molecule has 0 aromatic heterocycles. The van der Waals surface area contributed by atoms with Crippen molar-refractivity contribution in [3.05, 3.63) is 29.8 Å². The Kier molecular flexibility index (Phi) is 3.89. The fraction of sp³-hybridized carbons (Fsp3) is 0.588. The van der Waals surface area contributed by atoms with Crippen molar-refractivity contribution in [3.8, 4) is 5.75 Å². The van der Waals surface area contributed by atoms with E-state index in [0.29, 0.717) is 24.5 Å². The number of carbonyl (C=O) groups excluding carboxylic acids is 1. The number of hydrogen-bond acceptors (Lipinski definition) is 3. The zero-order valence-corrected chi connectivity index (χ0v) is 13.1. The Labute approximate surface area is 126 Å². The predicted molar refractivity (Wildman–Crippen MR) is 82.4 cm³/mol. The van der Waals surface area contributed by atoms with Gasteiger partial charge >= 0.3 is 0 Å². The monoisotopic (exact) mass is 288 g/mol. The molecule has 2 bridgehead atoms. The van der Waals surface area contributed by atoms with E-state index in [2.05, 4.69) is 23.6 Å². The molecule has 2 fully saturated rings. The Morgan fingerprint density at radius 3 is 2.38 bits per heavy atom. The molecule has 3 rings (SSSR count). The molecule has 2 saturated heterocycles. The van der Waals surface area contributed by atoms with Crippen LogP contribution in [0.2, 0.25) is 0 Å². The average Bonchev–Trinajstić information content (AvgIpc) is 2.48. The molecule has 2 unspecified atom stereocenters. The first-order chi connectivity index (χ1) is 10.1. The molecule has 2 atom stereocenters. The minimum atomic E-state index is 0.268. The van der Waals surface area contributed by atoms with E-state index in [1.807, 2.05) is 24.3 Å². The van der Waals surface area contributed by atoms with Gasteiger partial charge in [-0.05, 0) is 38.0 Å². The maximum Gasteiger partial charge on any atom is 0.227 e. The maximum absolute atomic E-state index is 12.5. The van der Waals surface area contributed by atoms with Gasteiger partial charge in [-0.1, -0.05) is 12.1 Å². The summed E-state index contributed by atoms with van der Waals surface area (Å²) in [6, 6.07) is 9.22. The Hall–Kier alpha value is -1.55. The molecular formula is C17H24N2O2. The first-order valence-corrected chi connectivity index (χ1v) is 7.76. The number of rotatable bonds is 4. The summed E-state index contributed by atoms with van der Waals surface area (Å²) in [7, 11) is 1.65. The molecule has 0 aliphatic carbocycles. The van der Waals surface area contributed by atoms with Gasteiger partial charge in [-0.2, -0.15) is 0 Å². The van der Waals surface area contributed by atoms with Gasteiger partial charge in [0.2, 0.25) is 5.91 Å². The van der Waals surface area contributed by atoms with Gasteiger partial charge < -0.3 is 9.64 Å². The largest absolute Gasteiger partial charge is 0.497 e. The van der Waals surface area contributed by atoms with Crippen LogP contribution in [0, 0.1) is 0 Å². The van der Waals surface area contributed by atoms with Crippen molar-refractivity contribution in [1.29, 1.82) is 0 Å². The molecule has 2 aliphatic rings. The minimum absolute atomic E-state index is 0.268. The molecule has 2 heterocycles. The topological polar surface area (TPSA) is 32.8 Å². The standard InChI is InChI=1S/C17H24N2O2/c1-12(2)18-10-14-9-15(11-18)19(14)17(20)8-13-4-6-16(21-3)7-5-13/h4-7,12,14-15H,8-11H2,1-3H3. The Bertz CT molecular complexity index is 500. The maximum atomic E-state index is 12.5. The average molecular weight is 288 g/mol. The number of benzene rings is 1. The van der Waals surface area contributed by atoms with Crippen LogP contribution < -0.4 is 4.74 Å². The van der Waals surface area contributed by atoms with Crippen LogP contribution in [0.5, 0.6) is 5.75 Å². The Balaban J connectivity index is 1.59. The van der Waals surface area contributed by atoms with Crippen LogP contribution in [0.1, 0.15) is 25.8 Å². The van der Waals surface area contributed by atoms with Crippen molar-refractivity contribution in [2.45, 2.75) is 44.8 Å². The normalized spacial score (nSPS) is 24.9. The number of nitrogens with zero attached hydrogens (tertiary/aromatic N) is 2. The fourth-order valence-corrected chi connectivity index (χ4v) is 3.48. The van der Waals surface area contributed by atoms with Crippen LogP contribution in [0.15, 0.2) is 24.3 Å². The first kappa shape index (κ1) is 14.4. The van der Waals surface area contributed by atoms with E-state index in [1.54, 1.807) is 7.11 Å². The van der Waals surface area contributed by atoms with Crippen LogP contribution in [0.3, 0.4) is 0 Å². The van der Waals surface area contributed by atoms with E-state index in [1.165, 1.54) is 6.42 Å². The molecule has 0 N–H and O–H groups in total. The molecule has 21 heavy (non-hydrogen) atoms. The van der Waals surface area contributed by atoms with E-state index >= 15 is 0 Å². The lowest BCUT2D eigenvalue weighted by Gasteiger charge is -2.57. The van der Waals surface area contributed by atoms with E-state index in [9.17, 15) is 4.79 Å². The van der Waals surface area contributed by atoms with Gasteiger partial charge in [0.15, 0.2) is 0 Å². The summed E-state index contributed by atoms with van der Waals surface area (Å²) < 4.78 is 5.15. The second-order valence-corrected chi connectivity index (χ2v) is 6.42. The van der Waals surface area contributed by atoms with Crippen LogP contribution in [0.25, 0.3) is 0 Å². The zero-order chi connectivity index (χ0) is 15.0. The predicted octanol–water partition coefficient (Wildman–Crippen LogP) is 1.93. The van der Waals surface area contributed by atoms with Crippen molar-refractivity contribution < 1.29 is 9.53 Å². The molecule has 114 valence electrons. The number of piperidine rings is 1. The van der Waals surface area contributed by atoms with Gasteiger partial charge in [0.1, 0.15) is 5.75 Å². The second kappa shape index (κ2) is 5.68. The SMILES string of the molecule is COc1ccc(CC(=O)N2C3CC2CN(C(C)C)C3)cc1. The van der Waals surface area contributed by atoms with Crippen molar-refractivity contribution in [2.75, 3.05) is 20.2 Å². The smallest absolute Gasteiger partial charge is 0.227 e. The molecule has 1 aromatic carbocycles. The van der Waals surface area contributed by atoms with Crippen molar-refractivity contribution in [3.63, 3.8) is 0 Å². The summed E-state index contributed by atoms with van der Waals surface area (Å²) in [6.07, 6.45) is 1.68. The number of methoxy groups -OCH3 is 1. The van der Waals surface area contributed by atoms with Gasteiger partial charge in [-0.25, -0.2) is 0 Å². The third-order valence-corrected chi connectivity index (χ3v) is 4.75. The number of piperazine rings is 1. The summed E-state index contributed by atoms with van der Waals surface area (Å²) in [5.41, 5.74) is 1.06. The van der Waals surface area contributed by atoms with Gasteiger partial charge in [-0.3, -0.25) is 9.69 Å². The number of ether oxygens (including phenoxy) is 1. The summed E-state index contributed by atoms with van der Waals surface area (Å²) in [5, 5.41) is 0. The highest BCUT2D eigenvalue weighted by Gasteiger charge is 2.47. The number of likely N-dealkylation sites (tertiary alicyclic amines) is 2. The number of hydrogen-bond donors (Lipinski definition) is 0. The van der Waals surface area contributed by atoms with Gasteiger partial charge in [0.05, 0.1) is 13.5 Å². The number of amides is 1. The van der Waals surface area contributed by atoms with Crippen molar-refractivity contribution in [1.82, 2.24) is 9.80 Å². The fourth-order valence-electron chi connectivity index (χ4n) is 3.48. The zero-order valence-electron chi connectivity index (χ0n) is 13.1. The molecule has 0 saturated carbocycles. The van der Waals surface area contributed by atoms with Gasteiger partial charge in [-0.15, -0.1) is 0 Å². The summed E-state index contributed by atoms with van der Waals surface area (Å²) >= 11 is 0. The van der Waals surface area contributed by atoms with Crippen LogP contribution in [-0.2, 0) is 11.2 Å². The third kappa shape index (κ3) is 2.77. The lowest BCUT2D eigenvalue weighted by atomic mass is 9.86. The molecule has 0 spiro atoms. The molecule has 4 heteroatoms. The molecular weight excluding hydrogens is 264 g/mol. The summed E-state index contributed by atoms with van der Waals surface area (Å²) in [4.78, 5) is 17.1. The first-order valence-electron chi connectivity index (χ1n) is 7.76. The van der Waals surface area contributed by atoms with Gasteiger partial charge in [0.25, 0.3) is 0 Å². The van der Waals surface area contributed by atoms with E-state index in [-0.39, 0.29) is 5.91 Å². The quantitative estimate of drug-likeness (QED) is 0.849. The molecule has 2 aliphatic heterocycles. The lowest BCUT2D eigenvalue weighted by molar-refractivity contribution is -0.154. The van der Waals surface area contributed by atoms with E-state index < -0.39 is 0 Å². The highest BCUT2D eigenvalue weighted by atomic mass is 16.5. The Morgan fingerprint density at radius 2 is 1.86 bits per heavy atom. The summed E-state index contributed by atoms with van der Waals surface area (Å²) in [6.45, 7) is 6.52. The van der Waals surface area contributed by atoms with Crippen LogP contribution >= 0.6 is 0 Å². The molecule has 0 radical (unpaired) electrons. The van der Waals surface area contributed by atoms with E-state index in [4.69, 9.17) is 4.74 Å². The Morgan fingerprint density at radius 1 is 1.24 bits per heavy atom.